The van der Waals surface area contributed by atoms with Crippen LogP contribution in [0.5, 0.6) is 0 Å². The van der Waals surface area contributed by atoms with Gasteiger partial charge in [-0.3, -0.25) is 9.59 Å². The number of nitrogen functional groups attached to an aromatic ring is 2. The van der Waals surface area contributed by atoms with Gasteiger partial charge in [-0.25, -0.2) is 10.9 Å². The van der Waals surface area contributed by atoms with Crippen LogP contribution >= 0.6 is 0 Å². The summed E-state index contributed by atoms with van der Waals surface area (Å²) in [5.41, 5.74) is 20.2. The molecule has 158 valence electrons. The minimum atomic E-state index is -0.588. The van der Waals surface area contributed by atoms with E-state index in [1.165, 1.54) is 12.1 Å². The van der Waals surface area contributed by atoms with Crippen LogP contribution < -0.4 is 22.3 Å². The largest absolute Gasteiger partial charge is 0.446 e. The van der Waals surface area contributed by atoms with Crippen LogP contribution in [0.25, 0.3) is 0 Å². The number of nitrogens with zero attached hydrogens (tertiary/aromatic N) is 2. The summed E-state index contributed by atoms with van der Waals surface area (Å²) in [4.78, 5) is 24.5. The fraction of sp³-hybridized carbons (Fsp3) is 0.0909. The Morgan fingerprint density at radius 3 is 1.39 bits per heavy atom. The van der Waals surface area contributed by atoms with E-state index >= 15 is 0 Å². The molecule has 1 heterocycles. The predicted molar refractivity (Wildman–Crippen MR) is 120 cm³/mol. The summed E-state index contributed by atoms with van der Waals surface area (Å²) in [6.45, 7) is 3.49. The Kier molecular flexibility index (Phi) is 6.46. The molecule has 3 aromatic rings. The highest BCUT2D eigenvalue weighted by atomic mass is 16.4. The van der Waals surface area contributed by atoms with Crippen LogP contribution in [0.15, 0.2) is 75.3 Å². The molecule has 0 aliphatic rings. The fourth-order valence-corrected chi connectivity index (χ4v) is 2.54. The van der Waals surface area contributed by atoms with Crippen LogP contribution in [0.4, 0.5) is 11.4 Å². The fourth-order valence-electron chi connectivity index (χ4n) is 2.54. The van der Waals surface area contributed by atoms with E-state index in [4.69, 9.17) is 15.9 Å². The first kappa shape index (κ1) is 21.3. The molecule has 0 aliphatic carbocycles. The number of hydrazone groups is 2. The molecule has 0 unspecified atom stereocenters. The number of nitrogens with two attached hydrogens (primary N) is 2. The maximum absolute atomic E-state index is 12.2. The highest BCUT2D eigenvalue weighted by molar-refractivity contribution is 6.02. The Balaban J connectivity index is 1.60. The van der Waals surface area contributed by atoms with Gasteiger partial charge in [0.1, 0.15) is 0 Å². The van der Waals surface area contributed by atoms with Gasteiger partial charge in [-0.1, -0.05) is 24.3 Å². The smallest absolute Gasteiger partial charge is 0.307 e. The lowest BCUT2D eigenvalue weighted by atomic mass is 10.1. The molecule has 0 saturated carbocycles. The number of nitrogens with one attached hydrogen (secondary N) is 2. The SMILES string of the molecule is C/C(=N\NC(=O)c1ccc(C(=O)N/N=C(\C)c2ccc(N)cc2)o1)c1ccc(N)cc1. The van der Waals surface area contributed by atoms with Gasteiger partial charge in [-0.2, -0.15) is 10.2 Å². The lowest BCUT2D eigenvalue weighted by molar-refractivity contribution is 0.0902. The van der Waals surface area contributed by atoms with Gasteiger partial charge in [0.2, 0.25) is 0 Å². The lowest BCUT2D eigenvalue weighted by Gasteiger charge is -2.03. The number of benzene rings is 2. The van der Waals surface area contributed by atoms with Crippen molar-refractivity contribution in [3.63, 3.8) is 0 Å². The van der Waals surface area contributed by atoms with Crippen LogP contribution in [0, 0.1) is 0 Å². The number of hydrogen-bond acceptors (Lipinski definition) is 7. The number of rotatable bonds is 6. The molecular weight excluding hydrogens is 396 g/mol. The highest BCUT2D eigenvalue weighted by Gasteiger charge is 2.15. The highest BCUT2D eigenvalue weighted by Crippen LogP contribution is 2.10. The van der Waals surface area contributed by atoms with Crippen molar-refractivity contribution in [1.29, 1.82) is 0 Å². The summed E-state index contributed by atoms with van der Waals surface area (Å²) in [7, 11) is 0. The maximum Gasteiger partial charge on any atom is 0.307 e. The number of hydrogen-bond donors (Lipinski definition) is 4. The average molecular weight is 418 g/mol. The molecule has 0 radical (unpaired) electrons. The minimum absolute atomic E-state index is 0.0572. The van der Waals surface area contributed by atoms with E-state index in [9.17, 15) is 9.59 Å². The summed E-state index contributed by atoms with van der Waals surface area (Å²) >= 11 is 0. The van der Waals surface area contributed by atoms with Crippen LogP contribution in [0.2, 0.25) is 0 Å². The molecule has 2 amide bonds. The molecule has 2 aromatic carbocycles. The number of carbonyl (C=O) groups excluding carboxylic acids is 2. The summed E-state index contributed by atoms with van der Waals surface area (Å²) < 4.78 is 5.32. The second-order valence-corrected chi connectivity index (χ2v) is 6.68. The first-order chi connectivity index (χ1) is 14.8. The van der Waals surface area contributed by atoms with Crippen molar-refractivity contribution in [2.75, 3.05) is 11.5 Å². The van der Waals surface area contributed by atoms with Crippen molar-refractivity contribution >= 4 is 34.6 Å². The number of carbonyl (C=O) groups is 2. The zero-order chi connectivity index (χ0) is 22.4. The second-order valence-electron chi connectivity index (χ2n) is 6.68. The normalized spacial score (nSPS) is 11.8. The van der Waals surface area contributed by atoms with E-state index in [-0.39, 0.29) is 11.5 Å². The molecule has 0 atom stereocenters. The summed E-state index contributed by atoms with van der Waals surface area (Å²) in [6, 6.07) is 16.9. The van der Waals surface area contributed by atoms with Crippen molar-refractivity contribution in [1.82, 2.24) is 10.9 Å². The second kappa shape index (κ2) is 9.40. The Morgan fingerprint density at radius 1 is 0.677 bits per heavy atom. The molecule has 0 fully saturated rings. The third kappa shape index (κ3) is 5.57. The minimum Gasteiger partial charge on any atom is -0.446 e. The van der Waals surface area contributed by atoms with Crippen molar-refractivity contribution in [2.45, 2.75) is 13.8 Å². The van der Waals surface area contributed by atoms with E-state index < -0.39 is 11.8 Å². The van der Waals surface area contributed by atoms with E-state index in [2.05, 4.69) is 21.1 Å². The average Bonchev–Trinajstić information content (AvgIpc) is 3.27. The van der Waals surface area contributed by atoms with Gasteiger partial charge in [0.15, 0.2) is 11.5 Å². The molecule has 0 bridgehead atoms. The number of amides is 2. The van der Waals surface area contributed by atoms with Crippen molar-refractivity contribution < 1.29 is 14.0 Å². The first-order valence-electron chi connectivity index (χ1n) is 9.34. The number of furan rings is 1. The monoisotopic (exact) mass is 418 g/mol. The van der Waals surface area contributed by atoms with E-state index in [0.717, 1.165) is 11.1 Å². The van der Waals surface area contributed by atoms with E-state index in [0.29, 0.717) is 22.8 Å². The molecule has 0 aliphatic heterocycles. The van der Waals surface area contributed by atoms with Crippen molar-refractivity contribution in [3.05, 3.63) is 83.3 Å². The van der Waals surface area contributed by atoms with Crippen LogP contribution in [0.1, 0.15) is 46.1 Å². The van der Waals surface area contributed by atoms with Crippen LogP contribution in [-0.4, -0.2) is 23.2 Å². The molecule has 1 aromatic heterocycles. The Bertz CT molecular complexity index is 1050. The number of anilines is 2. The summed E-state index contributed by atoms with van der Waals surface area (Å²) in [5, 5.41) is 8.08. The molecule has 31 heavy (non-hydrogen) atoms. The van der Waals surface area contributed by atoms with E-state index in [1.54, 1.807) is 62.4 Å². The third-order valence-electron chi connectivity index (χ3n) is 4.36. The molecule has 9 heteroatoms. The Hall–Kier alpha value is -4.40. The third-order valence-corrected chi connectivity index (χ3v) is 4.36. The van der Waals surface area contributed by atoms with Gasteiger partial charge in [-0.05, 0) is 61.4 Å². The molecular formula is C22H22N6O3. The zero-order valence-corrected chi connectivity index (χ0v) is 17.0. The molecule has 3 rings (SSSR count). The summed E-state index contributed by atoms with van der Waals surface area (Å²) in [6.07, 6.45) is 0. The quantitative estimate of drug-likeness (QED) is 0.276. The van der Waals surface area contributed by atoms with Gasteiger partial charge in [0.25, 0.3) is 0 Å². The van der Waals surface area contributed by atoms with Crippen LogP contribution in [0.3, 0.4) is 0 Å². The van der Waals surface area contributed by atoms with Gasteiger partial charge < -0.3 is 15.9 Å². The zero-order valence-electron chi connectivity index (χ0n) is 17.0. The Labute approximate surface area is 178 Å². The molecule has 0 spiro atoms. The van der Waals surface area contributed by atoms with Crippen molar-refractivity contribution in [3.8, 4) is 0 Å². The van der Waals surface area contributed by atoms with E-state index in [1.807, 2.05) is 0 Å². The topological polar surface area (TPSA) is 148 Å². The first-order valence-corrected chi connectivity index (χ1v) is 9.34. The lowest BCUT2D eigenvalue weighted by Crippen LogP contribution is -2.20. The maximum atomic E-state index is 12.2. The molecule has 0 saturated heterocycles. The van der Waals surface area contributed by atoms with Gasteiger partial charge >= 0.3 is 11.8 Å². The molecule has 9 nitrogen and oxygen atoms in total. The summed E-state index contributed by atoms with van der Waals surface area (Å²) in [5.74, 6) is -1.29. The van der Waals surface area contributed by atoms with Gasteiger partial charge in [0.05, 0.1) is 11.4 Å². The predicted octanol–water partition coefficient (Wildman–Crippen LogP) is 2.75. The van der Waals surface area contributed by atoms with Crippen LogP contribution in [-0.2, 0) is 0 Å². The standard InChI is InChI=1S/C22H22N6O3/c1-13(15-3-7-17(23)8-4-15)25-27-21(29)19-11-12-20(31-19)22(30)28-26-14(2)16-5-9-18(24)10-6-16/h3-12H,23-24H2,1-2H3,(H,27,29)(H,28,30)/b25-13+,26-14+. The van der Waals surface area contributed by atoms with Crippen molar-refractivity contribution in [2.24, 2.45) is 10.2 Å². The Morgan fingerprint density at radius 2 is 1.03 bits per heavy atom. The molecule has 6 N–H and O–H groups in total. The van der Waals surface area contributed by atoms with Gasteiger partial charge in [0, 0.05) is 11.4 Å². The van der Waals surface area contributed by atoms with Gasteiger partial charge in [-0.15, -0.1) is 0 Å².